The minimum absolute atomic E-state index is 0.376. The summed E-state index contributed by atoms with van der Waals surface area (Å²) in [6.07, 6.45) is 1.46. The van der Waals surface area contributed by atoms with Crippen molar-refractivity contribution in [1.29, 1.82) is 0 Å². The third kappa shape index (κ3) is 2.20. The predicted molar refractivity (Wildman–Crippen MR) is 57.2 cm³/mol. The van der Waals surface area contributed by atoms with Gasteiger partial charge in [0.15, 0.2) is 12.4 Å². The van der Waals surface area contributed by atoms with Crippen LogP contribution in [0.3, 0.4) is 0 Å². The van der Waals surface area contributed by atoms with E-state index in [9.17, 15) is 4.79 Å². The number of carboxylic acid groups (broad SMARTS) is 1. The lowest BCUT2D eigenvalue weighted by Gasteiger charge is -2.03. The molecule has 2 aromatic rings. The predicted octanol–water partition coefficient (Wildman–Crippen LogP) is 1.54. The van der Waals surface area contributed by atoms with Gasteiger partial charge in [0.05, 0.1) is 6.20 Å². The molecule has 0 amide bonds. The topological polar surface area (TPSA) is 75.2 Å². The van der Waals surface area contributed by atoms with Gasteiger partial charge >= 0.3 is 5.97 Å². The van der Waals surface area contributed by atoms with Crippen molar-refractivity contribution in [2.24, 2.45) is 0 Å². The number of aromatic nitrogens is 2. The molecular weight excluding hydrogens is 208 g/mol. The Labute approximate surface area is 91.7 Å². The Kier molecular flexibility index (Phi) is 2.86. The quantitative estimate of drug-likeness (QED) is 0.816. The van der Waals surface area contributed by atoms with Gasteiger partial charge in [-0.3, -0.25) is 5.10 Å². The summed E-state index contributed by atoms with van der Waals surface area (Å²) in [5.74, 6) is -0.575. The number of H-pyrrole nitrogens is 1. The third-order valence-corrected chi connectivity index (χ3v) is 2.02. The zero-order chi connectivity index (χ0) is 11.4. The van der Waals surface area contributed by atoms with Crippen LogP contribution < -0.4 is 4.74 Å². The lowest BCUT2D eigenvalue weighted by atomic mass is 10.1. The van der Waals surface area contributed by atoms with Crippen LogP contribution in [0.25, 0.3) is 11.3 Å². The molecule has 0 radical (unpaired) electrons. The van der Waals surface area contributed by atoms with Crippen molar-refractivity contribution >= 4 is 5.97 Å². The second-order valence-corrected chi connectivity index (χ2v) is 3.16. The molecule has 0 unspecified atom stereocenters. The Morgan fingerprint density at radius 1 is 1.38 bits per heavy atom. The molecule has 0 aliphatic rings. The number of rotatable bonds is 4. The standard InChI is InChI=1S/C11H10N2O3/c14-10(15)7-16-9-6-12-13-11(9)8-4-2-1-3-5-8/h1-6H,7H2,(H,12,13)(H,14,15). The van der Waals surface area contributed by atoms with Crippen LogP contribution in [0.15, 0.2) is 36.5 Å². The van der Waals surface area contributed by atoms with Crippen LogP contribution in [0, 0.1) is 0 Å². The van der Waals surface area contributed by atoms with Gasteiger partial charge in [0.2, 0.25) is 0 Å². The Hall–Kier alpha value is -2.30. The van der Waals surface area contributed by atoms with Gasteiger partial charge in [0.1, 0.15) is 5.69 Å². The summed E-state index contributed by atoms with van der Waals surface area (Å²) in [7, 11) is 0. The molecule has 0 aliphatic heterocycles. The largest absolute Gasteiger partial charge is 0.479 e. The fourth-order valence-electron chi connectivity index (χ4n) is 1.34. The molecule has 0 saturated heterocycles. The summed E-state index contributed by atoms with van der Waals surface area (Å²) in [5.41, 5.74) is 1.59. The first kappa shape index (κ1) is 10.2. The normalized spacial score (nSPS) is 10.0. The highest BCUT2D eigenvalue weighted by atomic mass is 16.5. The molecule has 1 aromatic heterocycles. The second-order valence-electron chi connectivity index (χ2n) is 3.16. The highest BCUT2D eigenvalue weighted by Gasteiger charge is 2.09. The van der Waals surface area contributed by atoms with Crippen LogP contribution >= 0.6 is 0 Å². The number of carboxylic acids is 1. The number of hydrogen-bond acceptors (Lipinski definition) is 3. The number of aliphatic carboxylic acids is 1. The minimum atomic E-state index is -1.01. The van der Waals surface area contributed by atoms with Crippen LogP contribution in [-0.2, 0) is 4.79 Å². The number of carbonyl (C=O) groups is 1. The van der Waals surface area contributed by atoms with Gasteiger partial charge in [-0.15, -0.1) is 0 Å². The zero-order valence-corrected chi connectivity index (χ0v) is 8.38. The smallest absolute Gasteiger partial charge is 0.341 e. The van der Waals surface area contributed by atoms with Gasteiger partial charge in [-0.25, -0.2) is 4.79 Å². The van der Waals surface area contributed by atoms with Crippen molar-refractivity contribution < 1.29 is 14.6 Å². The summed E-state index contributed by atoms with van der Waals surface area (Å²) in [6.45, 7) is -0.376. The number of benzene rings is 1. The van der Waals surface area contributed by atoms with Crippen molar-refractivity contribution in [1.82, 2.24) is 10.2 Å². The molecule has 0 aliphatic carbocycles. The molecule has 82 valence electrons. The van der Waals surface area contributed by atoms with E-state index in [1.807, 2.05) is 30.3 Å². The van der Waals surface area contributed by atoms with Gasteiger partial charge in [0.25, 0.3) is 0 Å². The van der Waals surface area contributed by atoms with Crippen molar-refractivity contribution in [2.75, 3.05) is 6.61 Å². The van der Waals surface area contributed by atoms with E-state index in [1.165, 1.54) is 6.20 Å². The Bertz CT molecular complexity index is 479. The van der Waals surface area contributed by atoms with Gasteiger partial charge < -0.3 is 9.84 Å². The lowest BCUT2D eigenvalue weighted by molar-refractivity contribution is -0.139. The highest BCUT2D eigenvalue weighted by molar-refractivity contribution is 5.70. The van der Waals surface area contributed by atoms with Crippen LogP contribution in [0.1, 0.15) is 0 Å². The van der Waals surface area contributed by atoms with Gasteiger partial charge in [-0.05, 0) is 0 Å². The first-order valence-electron chi connectivity index (χ1n) is 4.71. The Morgan fingerprint density at radius 2 is 2.12 bits per heavy atom. The SMILES string of the molecule is O=C(O)COc1cn[nH]c1-c1ccccc1. The first-order valence-corrected chi connectivity index (χ1v) is 4.71. The molecule has 0 spiro atoms. The maximum absolute atomic E-state index is 10.4. The molecule has 0 atom stereocenters. The molecule has 5 heteroatoms. The monoisotopic (exact) mass is 218 g/mol. The average Bonchev–Trinajstić information content (AvgIpc) is 2.75. The molecule has 0 bridgehead atoms. The van der Waals surface area contributed by atoms with Crippen molar-refractivity contribution in [3.05, 3.63) is 36.5 Å². The molecule has 1 heterocycles. The minimum Gasteiger partial charge on any atom is -0.479 e. The summed E-state index contributed by atoms with van der Waals surface area (Å²) in [4.78, 5) is 10.4. The van der Waals surface area contributed by atoms with Gasteiger partial charge in [-0.1, -0.05) is 30.3 Å². The fourth-order valence-corrected chi connectivity index (χ4v) is 1.34. The first-order chi connectivity index (χ1) is 7.77. The second kappa shape index (κ2) is 4.48. The van der Waals surface area contributed by atoms with Crippen molar-refractivity contribution in [3.8, 4) is 17.0 Å². The molecular formula is C11H10N2O3. The molecule has 16 heavy (non-hydrogen) atoms. The summed E-state index contributed by atoms with van der Waals surface area (Å²) < 4.78 is 5.10. The van der Waals surface area contributed by atoms with E-state index in [1.54, 1.807) is 0 Å². The Morgan fingerprint density at radius 3 is 2.81 bits per heavy atom. The van der Waals surface area contributed by atoms with Crippen molar-refractivity contribution in [2.45, 2.75) is 0 Å². The molecule has 0 fully saturated rings. The molecule has 0 saturated carbocycles. The molecule has 2 rings (SSSR count). The molecule has 2 N–H and O–H groups in total. The number of ether oxygens (including phenoxy) is 1. The highest BCUT2D eigenvalue weighted by Crippen LogP contribution is 2.26. The van der Waals surface area contributed by atoms with Gasteiger partial charge in [0, 0.05) is 5.56 Å². The summed E-state index contributed by atoms with van der Waals surface area (Å²) >= 11 is 0. The van der Waals surface area contributed by atoms with E-state index < -0.39 is 5.97 Å². The number of nitrogens with zero attached hydrogens (tertiary/aromatic N) is 1. The third-order valence-electron chi connectivity index (χ3n) is 2.02. The summed E-state index contributed by atoms with van der Waals surface area (Å²) in [6, 6.07) is 9.45. The van der Waals surface area contributed by atoms with E-state index in [-0.39, 0.29) is 6.61 Å². The van der Waals surface area contributed by atoms with Crippen LogP contribution in [0.4, 0.5) is 0 Å². The van der Waals surface area contributed by atoms with E-state index in [4.69, 9.17) is 9.84 Å². The van der Waals surface area contributed by atoms with E-state index in [0.717, 1.165) is 5.56 Å². The zero-order valence-electron chi connectivity index (χ0n) is 8.38. The van der Waals surface area contributed by atoms with Crippen LogP contribution in [0.2, 0.25) is 0 Å². The van der Waals surface area contributed by atoms with Crippen LogP contribution in [-0.4, -0.2) is 27.9 Å². The fraction of sp³-hybridized carbons (Fsp3) is 0.0909. The Balaban J connectivity index is 2.23. The van der Waals surface area contributed by atoms with E-state index in [2.05, 4.69) is 10.2 Å². The lowest BCUT2D eigenvalue weighted by Crippen LogP contribution is -2.09. The number of aromatic amines is 1. The number of nitrogens with one attached hydrogen (secondary N) is 1. The maximum Gasteiger partial charge on any atom is 0.341 e. The maximum atomic E-state index is 10.4. The van der Waals surface area contributed by atoms with Crippen molar-refractivity contribution in [3.63, 3.8) is 0 Å². The number of hydrogen-bond donors (Lipinski definition) is 2. The molecule has 5 nitrogen and oxygen atoms in total. The summed E-state index contributed by atoms with van der Waals surface area (Å²) in [5, 5.41) is 15.1. The van der Waals surface area contributed by atoms with Gasteiger partial charge in [-0.2, -0.15) is 5.10 Å². The van der Waals surface area contributed by atoms with E-state index in [0.29, 0.717) is 11.4 Å². The van der Waals surface area contributed by atoms with Crippen LogP contribution in [0.5, 0.6) is 5.75 Å². The van der Waals surface area contributed by atoms with E-state index >= 15 is 0 Å². The average molecular weight is 218 g/mol. The molecule has 1 aromatic carbocycles.